The summed E-state index contributed by atoms with van der Waals surface area (Å²) in [5, 5.41) is 10.6. The van der Waals surface area contributed by atoms with Crippen LogP contribution in [0.15, 0.2) is 66.7 Å². The molecule has 0 amide bonds. The van der Waals surface area contributed by atoms with Gasteiger partial charge in [0, 0.05) is 15.7 Å². The van der Waals surface area contributed by atoms with Crippen molar-refractivity contribution in [1.29, 1.82) is 0 Å². The van der Waals surface area contributed by atoms with Gasteiger partial charge in [-0.3, -0.25) is 0 Å². The van der Waals surface area contributed by atoms with Crippen LogP contribution < -0.4 is 4.80 Å². The van der Waals surface area contributed by atoms with E-state index in [1.54, 1.807) is 11.3 Å². The Balaban J connectivity index is 1.92. The molecule has 24 heavy (non-hydrogen) atoms. The number of benzene rings is 2. The molecule has 0 spiro atoms. The minimum atomic E-state index is 0.711. The van der Waals surface area contributed by atoms with Crippen LogP contribution in [0.5, 0.6) is 0 Å². The van der Waals surface area contributed by atoms with Gasteiger partial charge in [0.2, 0.25) is 5.00 Å². The Morgan fingerprint density at radius 1 is 0.917 bits per heavy atom. The molecule has 5 heteroatoms. The maximum atomic E-state index is 4.76. The van der Waals surface area contributed by atoms with Crippen LogP contribution in [0.25, 0.3) is 22.1 Å². The number of hydrogen-bond donors (Lipinski definition) is 0. The normalized spacial score (nSPS) is 10.9. The third kappa shape index (κ3) is 2.63. The second kappa shape index (κ2) is 6.02. The lowest BCUT2D eigenvalue weighted by Gasteiger charge is -1.96. The van der Waals surface area contributed by atoms with Gasteiger partial charge < -0.3 is 0 Å². The summed E-state index contributed by atoms with van der Waals surface area (Å²) >= 11 is 1.72. The molecule has 0 atom stereocenters. The van der Waals surface area contributed by atoms with Gasteiger partial charge in [-0.05, 0) is 53.6 Å². The van der Waals surface area contributed by atoms with Crippen molar-refractivity contribution in [3.05, 3.63) is 77.2 Å². The summed E-state index contributed by atoms with van der Waals surface area (Å²) in [6.07, 6.45) is 0. The molecule has 0 radical (unpaired) electrons. The van der Waals surface area contributed by atoms with Crippen molar-refractivity contribution in [1.82, 2.24) is 15.0 Å². The molecule has 2 heterocycles. The molecule has 4 aromatic rings. The molecule has 2 aromatic heterocycles. The molecule has 0 aliphatic heterocycles. The van der Waals surface area contributed by atoms with Gasteiger partial charge in [0.05, 0.1) is 10.7 Å². The van der Waals surface area contributed by atoms with Crippen LogP contribution in [0.4, 0.5) is 0 Å². The summed E-state index contributed by atoms with van der Waals surface area (Å²) in [6, 6.07) is 22.3. The lowest BCUT2D eigenvalue weighted by atomic mass is 10.2. The Labute approximate surface area is 144 Å². The number of rotatable bonds is 3. The number of nitrogens with zero attached hydrogens (tertiary/aromatic N) is 4. The highest BCUT2D eigenvalue weighted by Crippen LogP contribution is 2.21. The minimum Gasteiger partial charge on any atom is -0.0947 e. The standard InChI is InChI=1S/C19H17N4S/c1-14-13-18(24-15(14)2)23-21-19(16-9-5-3-6-10-16)20-22(23)17-11-7-4-8-12-17/h3-13H,1-2H3/q+1. The maximum absolute atomic E-state index is 4.76. The fraction of sp³-hybridized carbons (Fsp3) is 0.105. The van der Waals surface area contributed by atoms with Crippen LogP contribution in [0.1, 0.15) is 10.4 Å². The van der Waals surface area contributed by atoms with Crippen molar-refractivity contribution in [2.24, 2.45) is 0 Å². The van der Waals surface area contributed by atoms with Gasteiger partial charge in [0.15, 0.2) is 0 Å². The van der Waals surface area contributed by atoms with Gasteiger partial charge in [-0.25, -0.2) is 0 Å². The third-order valence-electron chi connectivity index (χ3n) is 3.93. The molecule has 0 N–H and O–H groups in total. The predicted octanol–water partition coefficient (Wildman–Crippen LogP) is 3.89. The highest BCUT2D eigenvalue weighted by molar-refractivity contribution is 7.14. The summed E-state index contributed by atoms with van der Waals surface area (Å²) in [6.45, 7) is 4.25. The van der Waals surface area contributed by atoms with Crippen LogP contribution in [0.2, 0.25) is 0 Å². The van der Waals surface area contributed by atoms with Gasteiger partial charge >= 0.3 is 5.82 Å². The fourth-order valence-corrected chi connectivity index (χ4v) is 3.48. The van der Waals surface area contributed by atoms with E-state index in [-0.39, 0.29) is 0 Å². The SMILES string of the molecule is Cc1cc(-[n+]2nc(-c3ccccc3)nn2-c2ccccc2)sc1C. The van der Waals surface area contributed by atoms with E-state index in [9.17, 15) is 0 Å². The Morgan fingerprint density at radius 2 is 1.58 bits per heavy atom. The topological polar surface area (TPSA) is 34.6 Å². The first kappa shape index (κ1) is 14.8. The molecule has 0 bridgehead atoms. The molecule has 2 aromatic carbocycles. The van der Waals surface area contributed by atoms with Crippen molar-refractivity contribution in [3.63, 3.8) is 0 Å². The molecule has 0 unspecified atom stereocenters. The van der Waals surface area contributed by atoms with Crippen LogP contribution in [-0.2, 0) is 0 Å². The van der Waals surface area contributed by atoms with Gasteiger partial charge in [0.1, 0.15) is 5.69 Å². The minimum absolute atomic E-state index is 0.711. The summed E-state index contributed by atoms with van der Waals surface area (Å²) in [5.74, 6) is 0.711. The summed E-state index contributed by atoms with van der Waals surface area (Å²) in [4.78, 5) is 5.02. The zero-order valence-electron chi connectivity index (χ0n) is 13.5. The molecule has 118 valence electrons. The highest BCUT2D eigenvalue weighted by Gasteiger charge is 2.24. The molecule has 0 aliphatic carbocycles. The highest BCUT2D eigenvalue weighted by atomic mass is 32.1. The largest absolute Gasteiger partial charge is 0.340 e. The number of thiophene rings is 1. The number of aromatic nitrogens is 4. The van der Waals surface area contributed by atoms with Crippen molar-refractivity contribution in [2.45, 2.75) is 13.8 Å². The molecule has 4 rings (SSSR count). The Bertz CT molecular complexity index is 952. The second-order valence-corrected chi connectivity index (χ2v) is 6.86. The lowest BCUT2D eigenvalue weighted by molar-refractivity contribution is -0.731. The van der Waals surface area contributed by atoms with Gasteiger partial charge in [-0.15, -0.1) is 0 Å². The van der Waals surface area contributed by atoms with E-state index in [1.165, 1.54) is 10.4 Å². The van der Waals surface area contributed by atoms with E-state index >= 15 is 0 Å². The van der Waals surface area contributed by atoms with Gasteiger partial charge in [0.25, 0.3) is 0 Å². The van der Waals surface area contributed by atoms with Crippen molar-refractivity contribution in [3.8, 4) is 22.1 Å². The van der Waals surface area contributed by atoms with Gasteiger partial charge in [-0.2, -0.15) is 0 Å². The van der Waals surface area contributed by atoms with Gasteiger partial charge in [-0.1, -0.05) is 47.7 Å². The summed E-state index contributed by atoms with van der Waals surface area (Å²) in [7, 11) is 0. The van der Waals surface area contributed by atoms with E-state index in [2.05, 4.69) is 19.9 Å². The van der Waals surface area contributed by atoms with E-state index < -0.39 is 0 Å². The van der Waals surface area contributed by atoms with Crippen LogP contribution in [0, 0.1) is 13.8 Å². The lowest BCUT2D eigenvalue weighted by Crippen LogP contribution is -2.42. The van der Waals surface area contributed by atoms with E-state index in [4.69, 9.17) is 10.2 Å². The number of tetrazole rings is 1. The first-order valence-electron chi connectivity index (χ1n) is 7.80. The van der Waals surface area contributed by atoms with E-state index in [0.717, 1.165) is 16.3 Å². The Hall–Kier alpha value is -2.79. The second-order valence-electron chi connectivity index (χ2n) is 5.63. The van der Waals surface area contributed by atoms with Crippen molar-refractivity contribution < 1.29 is 4.80 Å². The Kier molecular flexibility index (Phi) is 3.70. The Morgan fingerprint density at radius 3 is 2.21 bits per heavy atom. The molecule has 0 aliphatic rings. The quantitative estimate of drug-likeness (QED) is 0.533. The number of aryl methyl sites for hydroxylation is 2. The fourth-order valence-electron chi connectivity index (χ4n) is 2.51. The molecule has 4 nitrogen and oxygen atoms in total. The van der Waals surface area contributed by atoms with Crippen LogP contribution in [-0.4, -0.2) is 15.0 Å². The zero-order valence-corrected chi connectivity index (χ0v) is 14.4. The molecular weight excluding hydrogens is 316 g/mol. The molecule has 0 saturated heterocycles. The first-order chi connectivity index (χ1) is 11.7. The van der Waals surface area contributed by atoms with Crippen molar-refractivity contribution in [2.75, 3.05) is 0 Å². The molecule has 0 fully saturated rings. The predicted molar refractivity (Wildman–Crippen MR) is 95.7 cm³/mol. The third-order valence-corrected chi connectivity index (χ3v) is 5.05. The number of hydrogen-bond acceptors (Lipinski definition) is 3. The van der Waals surface area contributed by atoms with Crippen LogP contribution in [0.3, 0.4) is 0 Å². The van der Waals surface area contributed by atoms with E-state index in [0.29, 0.717) is 5.82 Å². The first-order valence-corrected chi connectivity index (χ1v) is 8.62. The average molecular weight is 333 g/mol. The smallest absolute Gasteiger partial charge is 0.0947 e. The van der Waals surface area contributed by atoms with Crippen molar-refractivity contribution >= 4 is 11.3 Å². The summed E-state index contributed by atoms with van der Waals surface area (Å²) < 4.78 is 0. The number of para-hydroxylation sites is 1. The van der Waals surface area contributed by atoms with Crippen LogP contribution >= 0.6 is 11.3 Å². The summed E-state index contributed by atoms with van der Waals surface area (Å²) in [5.41, 5.74) is 3.26. The van der Waals surface area contributed by atoms with E-state index in [1.807, 2.05) is 70.3 Å². The average Bonchev–Trinajstić information content (AvgIpc) is 3.21. The molecule has 0 saturated carbocycles. The zero-order chi connectivity index (χ0) is 16.5. The monoisotopic (exact) mass is 333 g/mol. The molecular formula is C19H17N4S+. The maximum Gasteiger partial charge on any atom is 0.340 e.